The van der Waals surface area contributed by atoms with E-state index in [0.717, 1.165) is 17.0 Å². The molecule has 0 fully saturated rings. The van der Waals surface area contributed by atoms with Crippen LogP contribution in [0.4, 0.5) is 11.4 Å². The number of hydrogen-bond donors (Lipinski definition) is 2. The highest BCUT2D eigenvalue weighted by atomic mass is 16.6. The summed E-state index contributed by atoms with van der Waals surface area (Å²) in [6.45, 7) is 3.98. The first-order valence-corrected chi connectivity index (χ1v) is 8.40. The predicted molar refractivity (Wildman–Crippen MR) is 99.8 cm³/mol. The fourth-order valence-corrected chi connectivity index (χ4v) is 3.04. The molecule has 0 bridgehead atoms. The Hall–Kier alpha value is -3.22. The molecule has 2 atom stereocenters. The van der Waals surface area contributed by atoms with Crippen LogP contribution in [0, 0.1) is 22.0 Å². The molecule has 7 heteroatoms. The second kappa shape index (κ2) is 7.35. The van der Waals surface area contributed by atoms with Crippen molar-refractivity contribution in [1.82, 2.24) is 5.43 Å². The summed E-state index contributed by atoms with van der Waals surface area (Å²) in [7, 11) is 0. The van der Waals surface area contributed by atoms with Crippen molar-refractivity contribution in [3.05, 3.63) is 70.3 Å². The van der Waals surface area contributed by atoms with Crippen LogP contribution in [0.25, 0.3) is 0 Å². The Bertz CT molecular complexity index is 832. The average Bonchev–Trinajstić information content (AvgIpc) is 3.08. The second-order valence-corrected chi connectivity index (χ2v) is 6.48. The number of carbonyl (C=O) groups excluding carboxylic acids is 1. The lowest BCUT2D eigenvalue weighted by Crippen LogP contribution is -2.35. The number of nitro groups is 1. The van der Waals surface area contributed by atoms with Gasteiger partial charge >= 0.3 is 0 Å². The van der Waals surface area contributed by atoms with Crippen LogP contribution < -0.4 is 10.7 Å². The van der Waals surface area contributed by atoms with Crippen molar-refractivity contribution in [2.45, 2.75) is 19.9 Å². The lowest BCUT2D eigenvalue weighted by molar-refractivity contribution is -0.384. The summed E-state index contributed by atoms with van der Waals surface area (Å²) >= 11 is 0. The molecule has 0 radical (unpaired) electrons. The van der Waals surface area contributed by atoms with Gasteiger partial charge in [0.05, 0.1) is 16.7 Å². The molecule has 1 amide bonds. The molecule has 0 saturated heterocycles. The molecule has 7 nitrogen and oxygen atoms in total. The Morgan fingerprint density at radius 3 is 2.38 bits per heavy atom. The van der Waals surface area contributed by atoms with E-state index in [4.69, 9.17) is 0 Å². The number of rotatable bonds is 5. The normalized spacial score (nSPS) is 19.0. The van der Waals surface area contributed by atoms with E-state index in [9.17, 15) is 14.9 Å². The van der Waals surface area contributed by atoms with Crippen molar-refractivity contribution in [2.24, 2.45) is 16.9 Å². The monoisotopic (exact) mass is 352 g/mol. The van der Waals surface area contributed by atoms with Gasteiger partial charge in [-0.3, -0.25) is 14.9 Å². The molecule has 0 saturated carbocycles. The maximum Gasteiger partial charge on any atom is 0.269 e. The molecular formula is C19H20N4O3. The number of carbonyl (C=O) groups is 1. The summed E-state index contributed by atoms with van der Waals surface area (Å²) in [6, 6.07) is 15.1. The maximum atomic E-state index is 12.9. The van der Waals surface area contributed by atoms with Crippen molar-refractivity contribution < 1.29 is 9.72 Å². The van der Waals surface area contributed by atoms with Gasteiger partial charge in [0.2, 0.25) is 5.91 Å². The van der Waals surface area contributed by atoms with Crippen LogP contribution >= 0.6 is 0 Å². The van der Waals surface area contributed by atoms with Gasteiger partial charge in [-0.2, -0.15) is 5.10 Å². The van der Waals surface area contributed by atoms with Gasteiger partial charge in [0.25, 0.3) is 5.69 Å². The summed E-state index contributed by atoms with van der Waals surface area (Å²) in [6.07, 6.45) is 0. The molecule has 26 heavy (non-hydrogen) atoms. The van der Waals surface area contributed by atoms with Gasteiger partial charge in [0.1, 0.15) is 5.92 Å². The summed E-state index contributed by atoms with van der Waals surface area (Å²) < 4.78 is 0. The van der Waals surface area contributed by atoms with Crippen LogP contribution in [-0.2, 0) is 4.79 Å². The molecule has 134 valence electrons. The Balaban J connectivity index is 1.87. The van der Waals surface area contributed by atoms with Crippen LogP contribution in [0.2, 0.25) is 0 Å². The molecule has 3 rings (SSSR count). The van der Waals surface area contributed by atoms with Gasteiger partial charge in [0.15, 0.2) is 0 Å². The smallest absolute Gasteiger partial charge is 0.269 e. The Morgan fingerprint density at radius 1 is 1.15 bits per heavy atom. The van der Waals surface area contributed by atoms with E-state index in [1.165, 1.54) is 12.1 Å². The zero-order valence-corrected chi connectivity index (χ0v) is 14.5. The fourth-order valence-electron chi connectivity index (χ4n) is 3.04. The topological polar surface area (TPSA) is 96.6 Å². The largest absolute Gasteiger partial charge is 0.325 e. The predicted octanol–water partition coefficient (Wildman–Crippen LogP) is 3.51. The molecule has 2 aromatic carbocycles. The number of non-ortho nitro benzene ring substituents is 1. The van der Waals surface area contributed by atoms with Gasteiger partial charge in [0, 0.05) is 17.8 Å². The van der Waals surface area contributed by atoms with Crippen molar-refractivity contribution in [1.29, 1.82) is 0 Å². The minimum atomic E-state index is -0.489. The number of hydrazone groups is 1. The van der Waals surface area contributed by atoms with Crippen LogP contribution in [0.3, 0.4) is 0 Å². The summed E-state index contributed by atoms with van der Waals surface area (Å²) in [5.74, 6) is -0.550. The van der Waals surface area contributed by atoms with Crippen molar-refractivity contribution in [3.63, 3.8) is 0 Å². The van der Waals surface area contributed by atoms with Gasteiger partial charge in [-0.25, -0.2) is 0 Å². The first-order chi connectivity index (χ1) is 12.5. The summed E-state index contributed by atoms with van der Waals surface area (Å²) in [5, 5.41) is 18.2. The van der Waals surface area contributed by atoms with Crippen LogP contribution in [-0.4, -0.2) is 16.5 Å². The van der Waals surface area contributed by atoms with Crippen LogP contribution in [0.1, 0.15) is 25.5 Å². The number of amides is 1. The third-order valence-corrected chi connectivity index (χ3v) is 4.36. The van der Waals surface area contributed by atoms with E-state index >= 15 is 0 Å². The van der Waals surface area contributed by atoms with E-state index in [1.54, 1.807) is 12.1 Å². The first kappa shape index (κ1) is 17.6. The third-order valence-electron chi connectivity index (χ3n) is 4.36. The van der Waals surface area contributed by atoms with Gasteiger partial charge < -0.3 is 10.7 Å². The number of anilines is 1. The number of nitro benzene ring substituents is 1. The number of benzene rings is 2. The molecular weight excluding hydrogens is 332 g/mol. The molecule has 2 N–H and O–H groups in total. The lowest BCUT2D eigenvalue weighted by atomic mass is 9.85. The van der Waals surface area contributed by atoms with Gasteiger partial charge in [-0.05, 0) is 23.6 Å². The minimum absolute atomic E-state index is 0.0158. The molecule has 0 aliphatic carbocycles. The zero-order valence-electron chi connectivity index (χ0n) is 14.5. The average molecular weight is 352 g/mol. The number of nitrogens with one attached hydrogen (secondary N) is 2. The second-order valence-electron chi connectivity index (χ2n) is 6.48. The molecule has 1 heterocycles. The SMILES string of the molecule is CC(C)C1=NNC(c2ccc([N+](=O)[O-])cc2)C1C(=O)Nc1ccccc1. The van der Waals surface area contributed by atoms with E-state index < -0.39 is 10.8 Å². The molecule has 0 spiro atoms. The molecule has 0 aromatic heterocycles. The van der Waals surface area contributed by atoms with E-state index in [-0.39, 0.29) is 23.6 Å². The number of hydrogen-bond acceptors (Lipinski definition) is 5. The molecule has 2 aromatic rings. The van der Waals surface area contributed by atoms with Crippen LogP contribution in [0.5, 0.6) is 0 Å². The Morgan fingerprint density at radius 2 is 1.81 bits per heavy atom. The van der Waals surface area contributed by atoms with E-state index in [2.05, 4.69) is 15.8 Å². The number of nitrogens with zero attached hydrogens (tertiary/aromatic N) is 2. The maximum absolute atomic E-state index is 12.9. The molecule has 1 aliphatic heterocycles. The standard InChI is InChI=1S/C19H20N4O3/c1-12(2)17-16(19(24)20-14-6-4-3-5-7-14)18(22-21-17)13-8-10-15(11-9-13)23(25)26/h3-12,16,18,22H,1-2H3,(H,20,24). The molecule has 1 aliphatic rings. The van der Waals surface area contributed by atoms with Gasteiger partial charge in [-0.1, -0.05) is 44.2 Å². The third kappa shape index (κ3) is 3.56. The van der Waals surface area contributed by atoms with E-state index in [1.807, 2.05) is 44.2 Å². The van der Waals surface area contributed by atoms with Crippen LogP contribution in [0.15, 0.2) is 59.7 Å². The fraction of sp³-hybridized carbons (Fsp3) is 0.263. The van der Waals surface area contributed by atoms with Crippen molar-refractivity contribution in [3.8, 4) is 0 Å². The highest BCUT2D eigenvalue weighted by molar-refractivity contribution is 6.11. The first-order valence-electron chi connectivity index (χ1n) is 8.40. The number of para-hydroxylation sites is 1. The van der Waals surface area contributed by atoms with Crippen molar-refractivity contribution >= 4 is 23.0 Å². The van der Waals surface area contributed by atoms with Crippen molar-refractivity contribution in [2.75, 3.05) is 5.32 Å². The summed E-state index contributed by atoms with van der Waals surface area (Å²) in [5.41, 5.74) is 5.31. The highest BCUT2D eigenvalue weighted by Crippen LogP contribution is 2.32. The molecule has 2 unspecified atom stereocenters. The zero-order chi connectivity index (χ0) is 18.7. The summed E-state index contributed by atoms with van der Waals surface area (Å²) in [4.78, 5) is 23.4. The lowest BCUT2D eigenvalue weighted by Gasteiger charge is -2.22. The Kier molecular flexibility index (Phi) is 4.97. The quantitative estimate of drug-likeness (QED) is 0.636. The highest BCUT2D eigenvalue weighted by Gasteiger charge is 2.39. The Labute approximate surface area is 151 Å². The van der Waals surface area contributed by atoms with E-state index in [0.29, 0.717) is 0 Å². The van der Waals surface area contributed by atoms with Gasteiger partial charge in [-0.15, -0.1) is 0 Å². The minimum Gasteiger partial charge on any atom is -0.325 e.